The molecule has 2 rings (SSSR count). The van der Waals surface area contributed by atoms with E-state index in [2.05, 4.69) is 13.2 Å². The summed E-state index contributed by atoms with van der Waals surface area (Å²) in [4.78, 5) is 11.0. The van der Waals surface area contributed by atoms with Crippen LogP contribution in [0.5, 0.6) is 0 Å². The van der Waals surface area contributed by atoms with Crippen LogP contribution >= 0.6 is 0 Å². The van der Waals surface area contributed by atoms with E-state index in [9.17, 15) is 4.79 Å². The Labute approximate surface area is 113 Å². The minimum absolute atomic E-state index is 0.337. The Bertz CT molecular complexity index is 550. The molecule has 0 spiro atoms. The Hall–Kier alpha value is -2.61. The summed E-state index contributed by atoms with van der Waals surface area (Å²) in [5.41, 5.74) is 2.02. The predicted octanol–water partition coefficient (Wildman–Crippen LogP) is 4.41. The van der Waals surface area contributed by atoms with Crippen molar-refractivity contribution < 1.29 is 9.90 Å². The molecule has 0 aliphatic heterocycles. The van der Waals surface area contributed by atoms with Crippen LogP contribution in [0.25, 0.3) is 11.1 Å². The van der Waals surface area contributed by atoms with Crippen molar-refractivity contribution in [1.29, 1.82) is 0 Å². The number of carbonyl (C=O) groups is 1. The molecule has 0 unspecified atom stereocenters. The van der Waals surface area contributed by atoms with Crippen molar-refractivity contribution in [2.45, 2.75) is 0 Å². The van der Waals surface area contributed by atoms with Crippen molar-refractivity contribution in [2.24, 2.45) is 0 Å². The first-order valence-electron chi connectivity index (χ1n) is 5.82. The average molecular weight is 252 g/mol. The van der Waals surface area contributed by atoms with Gasteiger partial charge in [-0.05, 0) is 17.2 Å². The molecule has 2 aromatic carbocycles. The van der Waals surface area contributed by atoms with E-state index >= 15 is 0 Å². The number of allylic oxidation sites excluding steroid dienone is 2. The maximum atomic E-state index is 11.0. The molecule has 19 heavy (non-hydrogen) atoms. The van der Waals surface area contributed by atoms with Crippen LogP contribution in [0.4, 0.5) is 0 Å². The number of benzene rings is 2. The molecule has 2 heteroatoms. The number of hydrogen-bond acceptors (Lipinski definition) is 1. The highest BCUT2D eigenvalue weighted by atomic mass is 16.4. The first-order valence-corrected chi connectivity index (χ1v) is 5.82. The molecular formula is C17H16O2. The molecule has 0 aromatic heterocycles. The van der Waals surface area contributed by atoms with Gasteiger partial charge in [-0.3, -0.25) is 0 Å². The standard InChI is InChI=1S/C13H10O2.C4H6/c14-13(15)12-9-5-4-8-11(12)10-6-2-1-3-7-10;1-3-4-2/h1-9H,(H,14,15);3-4H,1-2H2. The van der Waals surface area contributed by atoms with Crippen molar-refractivity contribution in [1.82, 2.24) is 0 Å². The highest BCUT2D eigenvalue weighted by molar-refractivity contribution is 5.95. The SMILES string of the molecule is C=CC=C.O=C(O)c1ccccc1-c1ccccc1. The summed E-state index contributed by atoms with van der Waals surface area (Å²) >= 11 is 0. The van der Waals surface area contributed by atoms with Crippen LogP contribution in [0.15, 0.2) is 79.9 Å². The summed E-state index contributed by atoms with van der Waals surface area (Å²) in [6.07, 6.45) is 3.28. The van der Waals surface area contributed by atoms with Crippen molar-refractivity contribution in [3.63, 3.8) is 0 Å². The van der Waals surface area contributed by atoms with Gasteiger partial charge in [-0.15, -0.1) is 0 Å². The fourth-order valence-corrected chi connectivity index (χ4v) is 1.54. The summed E-state index contributed by atoms with van der Waals surface area (Å²) in [6.45, 7) is 6.72. The molecule has 0 bridgehead atoms. The summed E-state index contributed by atoms with van der Waals surface area (Å²) in [5, 5.41) is 9.03. The van der Waals surface area contributed by atoms with Gasteiger partial charge < -0.3 is 5.11 Å². The zero-order valence-corrected chi connectivity index (χ0v) is 10.6. The van der Waals surface area contributed by atoms with Crippen LogP contribution in [0.1, 0.15) is 10.4 Å². The number of carboxylic acids is 1. The van der Waals surface area contributed by atoms with Gasteiger partial charge >= 0.3 is 5.97 Å². The fourth-order valence-electron chi connectivity index (χ4n) is 1.54. The lowest BCUT2D eigenvalue weighted by Gasteiger charge is -2.05. The lowest BCUT2D eigenvalue weighted by molar-refractivity contribution is 0.0697. The maximum Gasteiger partial charge on any atom is 0.336 e. The van der Waals surface area contributed by atoms with Crippen molar-refractivity contribution in [3.8, 4) is 11.1 Å². The van der Waals surface area contributed by atoms with Gasteiger partial charge in [0, 0.05) is 0 Å². The quantitative estimate of drug-likeness (QED) is 0.821. The van der Waals surface area contributed by atoms with Crippen LogP contribution < -0.4 is 0 Å². The van der Waals surface area contributed by atoms with E-state index in [0.29, 0.717) is 5.56 Å². The summed E-state index contributed by atoms with van der Waals surface area (Å²) in [6, 6.07) is 16.5. The Kier molecular flexibility index (Phi) is 5.83. The molecule has 0 saturated carbocycles. The molecular weight excluding hydrogens is 236 g/mol. The molecule has 2 aromatic rings. The van der Waals surface area contributed by atoms with Gasteiger partial charge in [0.2, 0.25) is 0 Å². The van der Waals surface area contributed by atoms with Gasteiger partial charge in [-0.1, -0.05) is 73.8 Å². The number of hydrogen-bond donors (Lipinski definition) is 1. The molecule has 0 saturated heterocycles. The minimum Gasteiger partial charge on any atom is -0.478 e. The van der Waals surface area contributed by atoms with Gasteiger partial charge in [0.15, 0.2) is 0 Å². The van der Waals surface area contributed by atoms with E-state index < -0.39 is 5.97 Å². The summed E-state index contributed by atoms with van der Waals surface area (Å²) < 4.78 is 0. The van der Waals surface area contributed by atoms with Gasteiger partial charge in [-0.2, -0.15) is 0 Å². The highest BCUT2D eigenvalue weighted by Gasteiger charge is 2.09. The number of aromatic carboxylic acids is 1. The monoisotopic (exact) mass is 252 g/mol. The van der Waals surface area contributed by atoms with E-state index in [0.717, 1.165) is 11.1 Å². The molecule has 96 valence electrons. The second-order valence-electron chi connectivity index (χ2n) is 3.69. The van der Waals surface area contributed by atoms with E-state index in [-0.39, 0.29) is 0 Å². The van der Waals surface area contributed by atoms with Gasteiger partial charge in [0.1, 0.15) is 0 Å². The van der Waals surface area contributed by atoms with Crippen LogP contribution in [0.2, 0.25) is 0 Å². The van der Waals surface area contributed by atoms with Crippen LogP contribution in [0.3, 0.4) is 0 Å². The molecule has 0 aliphatic carbocycles. The second-order valence-corrected chi connectivity index (χ2v) is 3.69. The second kappa shape index (κ2) is 7.67. The average Bonchev–Trinajstić information content (AvgIpc) is 2.48. The third-order valence-electron chi connectivity index (χ3n) is 2.41. The zero-order chi connectivity index (χ0) is 14.1. The topological polar surface area (TPSA) is 37.3 Å². The molecule has 1 N–H and O–H groups in total. The van der Waals surface area contributed by atoms with Crippen LogP contribution in [-0.4, -0.2) is 11.1 Å². The van der Waals surface area contributed by atoms with Gasteiger partial charge in [-0.25, -0.2) is 4.79 Å². The lowest BCUT2D eigenvalue weighted by atomic mass is 10.00. The molecule has 0 radical (unpaired) electrons. The highest BCUT2D eigenvalue weighted by Crippen LogP contribution is 2.22. The molecule has 0 heterocycles. The zero-order valence-electron chi connectivity index (χ0n) is 10.6. The number of rotatable bonds is 3. The van der Waals surface area contributed by atoms with Crippen molar-refractivity contribution in [3.05, 3.63) is 85.5 Å². The van der Waals surface area contributed by atoms with E-state index in [4.69, 9.17) is 5.11 Å². The summed E-state index contributed by atoms with van der Waals surface area (Å²) in [5.74, 6) is -0.894. The Balaban J connectivity index is 0.000000399. The molecule has 0 aliphatic rings. The van der Waals surface area contributed by atoms with Gasteiger partial charge in [0.25, 0.3) is 0 Å². The van der Waals surface area contributed by atoms with Crippen LogP contribution in [0, 0.1) is 0 Å². The van der Waals surface area contributed by atoms with Gasteiger partial charge in [0.05, 0.1) is 5.56 Å². The minimum atomic E-state index is -0.894. The lowest BCUT2D eigenvalue weighted by Crippen LogP contribution is -1.98. The predicted molar refractivity (Wildman–Crippen MR) is 79.2 cm³/mol. The third-order valence-corrected chi connectivity index (χ3v) is 2.41. The largest absolute Gasteiger partial charge is 0.478 e. The third kappa shape index (κ3) is 4.28. The molecule has 0 amide bonds. The van der Waals surface area contributed by atoms with E-state index in [1.54, 1.807) is 24.3 Å². The first-order chi connectivity index (χ1) is 9.20. The smallest absolute Gasteiger partial charge is 0.336 e. The Morgan fingerprint density at radius 3 is 1.95 bits per heavy atom. The maximum absolute atomic E-state index is 11.0. The van der Waals surface area contributed by atoms with E-state index in [1.807, 2.05) is 42.5 Å². The number of carboxylic acid groups (broad SMARTS) is 1. The molecule has 0 fully saturated rings. The fraction of sp³-hybridized carbons (Fsp3) is 0. The Morgan fingerprint density at radius 2 is 1.42 bits per heavy atom. The summed E-state index contributed by atoms with van der Waals surface area (Å²) in [7, 11) is 0. The van der Waals surface area contributed by atoms with E-state index in [1.165, 1.54) is 0 Å². The Morgan fingerprint density at radius 1 is 0.895 bits per heavy atom. The first kappa shape index (κ1) is 14.5. The van der Waals surface area contributed by atoms with Crippen molar-refractivity contribution >= 4 is 5.97 Å². The molecule has 0 atom stereocenters. The van der Waals surface area contributed by atoms with Crippen LogP contribution in [-0.2, 0) is 0 Å². The molecule has 2 nitrogen and oxygen atoms in total. The van der Waals surface area contributed by atoms with Crippen molar-refractivity contribution in [2.75, 3.05) is 0 Å². The normalized spacial score (nSPS) is 8.84.